The van der Waals surface area contributed by atoms with Crippen LogP contribution in [0.15, 0.2) is 18.7 Å². The molecule has 7 heteroatoms. The van der Waals surface area contributed by atoms with Crippen LogP contribution in [-0.2, 0) is 0 Å². The van der Waals surface area contributed by atoms with E-state index in [0.29, 0.717) is 17.8 Å². The quantitative estimate of drug-likeness (QED) is 0.891. The molecule has 0 saturated heterocycles. The predicted molar refractivity (Wildman–Crippen MR) is 81.0 cm³/mol. The molecule has 0 amide bonds. The number of imidazole rings is 1. The zero-order valence-corrected chi connectivity index (χ0v) is 12.2. The van der Waals surface area contributed by atoms with Gasteiger partial charge in [-0.3, -0.25) is 4.57 Å². The second kappa shape index (κ2) is 6.07. The number of aromatic nitrogens is 5. The van der Waals surface area contributed by atoms with Gasteiger partial charge in [0.2, 0.25) is 17.8 Å². The fraction of sp³-hybridized carbons (Fsp3) is 0.571. The van der Waals surface area contributed by atoms with Crippen LogP contribution in [0, 0.1) is 11.8 Å². The summed E-state index contributed by atoms with van der Waals surface area (Å²) >= 11 is 0. The van der Waals surface area contributed by atoms with Crippen LogP contribution < -0.4 is 11.1 Å². The van der Waals surface area contributed by atoms with Gasteiger partial charge in [-0.15, -0.1) is 0 Å². The largest absolute Gasteiger partial charge is 0.368 e. The van der Waals surface area contributed by atoms with E-state index in [4.69, 9.17) is 5.73 Å². The average Bonchev–Trinajstić information content (AvgIpc) is 3.00. The van der Waals surface area contributed by atoms with E-state index < -0.39 is 0 Å². The fourth-order valence-electron chi connectivity index (χ4n) is 2.87. The van der Waals surface area contributed by atoms with Crippen molar-refractivity contribution in [3.05, 3.63) is 18.7 Å². The van der Waals surface area contributed by atoms with Gasteiger partial charge in [0.05, 0.1) is 0 Å². The first-order valence-electron chi connectivity index (χ1n) is 7.46. The van der Waals surface area contributed by atoms with Gasteiger partial charge in [-0.2, -0.15) is 15.0 Å². The molecule has 2 aromatic rings. The monoisotopic (exact) mass is 287 g/mol. The number of nitrogens with one attached hydrogen (secondary N) is 1. The lowest BCUT2D eigenvalue weighted by Crippen LogP contribution is -2.25. The van der Waals surface area contributed by atoms with Gasteiger partial charge in [0.1, 0.15) is 6.33 Å². The van der Waals surface area contributed by atoms with Crippen molar-refractivity contribution in [3.63, 3.8) is 0 Å². The Hall–Kier alpha value is -2.18. The smallest absolute Gasteiger partial charge is 0.241 e. The Balaban J connectivity index is 1.70. The highest BCUT2D eigenvalue weighted by Gasteiger charge is 2.21. The van der Waals surface area contributed by atoms with Gasteiger partial charge in [0, 0.05) is 18.9 Å². The van der Waals surface area contributed by atoms with Crippen molar-refractivity contribution < 1.29 is 0 Å². The Labute approximate surface area is 124 Å². The number of hydrogen-bond donors (Lipinski definition) is 2. The van der Waals surface area contributed by atoms with Gasteiger partial charge >= 0.3 is 0 Å². The Kier molecular flexibility index (Phi) is 3.98. The summed E-state index contributed by atoms with van der Waals surface area (Å²) in [6.45, 7) is 3.21. The van der Waals surface area contributed by atoms with Crippen LogP contribution >= 0.6 is 0 Å². The SMILES string of the molecule is CC1CCCCC1CNc1nc(N)nc(-n2ccnc2)n1. The number of nitrogens with two attached hydrogens (primary N) is 1. The summed E-state index contributed by atoms with van der Waals surface area (Å²) in [6, 6.07) is 0. The van der Waals surface area contributed by atoms with E-state index in [1.54, 1.807) is 23.3 Å². The van der Waals surface area contributed by atoms with Gasteiger partial charge < -0.3 is 11.1 Å². The Morgan fingerprint density at radius 1 is 1.29 bits per heavy atom. The van der Waals surface area contributed by atoms with Gasteiger partial charge in [0.15, 0.2) is 0 Å². The molecule has 1 aliphatic rings. The second-order valence-electron chi connectivity index (χ2n) is 5.69. The molecule has 112 valence electrons. The molecule has 1 aliphatic carbocycles. The zero-order chi connectivity index (χ0) is 14.7. The van der Waals surface area contributed by atoms with E-state index in [9.17, 15) is 0 Å². The minimum atomic E-state index is 0.216. The first-order valence-corrected chi connectivity index (χ1v) is 7.46. The maximum Gasteiger partial charge on any atom is 0.241 e. The molecule has 2 atom stereocenters. The van der Waals surface area contributed by atoms with Crippen molar-refractivity contribution in [2.75, 3.05) is 17.6 Å². The fourth-order valence-corrected chi connectivity index (χ4v) is 2.87. The molecule has 3 rings (SSSR count). The Bertz CT molecular complexity index is 581. The van der Waals surface area contributed by atoms with Gasteiger partial charge in [-0.25, -0.2) is 4.98 Å². The molecular weight excluding hydrogens is 266 g/mol. The van der Waals surface area contributed by atoms with Crippen molar-refractivity contribution in [1.29, 1.82) is 0 Å². The van der Waals surface area contributed by atoms with E-state index in [1.165, 1.54) is 25.7 Å². The van der Waals surface area contributed by atoms with Crippen LogP contribution in [0.25, 0.3) is 5.95 Å². The normalized spacial score (nSPS) is 22.1. The number of hydrogen-bond acceptors (Lipinski definition) is 6. The summed E-state index contributed by atoms with van der Waals surface area (Å²) in [6.07, 6.45) is 10.3. The van der Waals surface area contributed by atoms with Gasteiger partial charge in [-0.1, -0.05) is 26.2 Å². The number of nitrogens with zero attached hydrogens (tertiary/aromatic N) is 5. The molecule has 7 nitrogen and oxygen atoms in total. The average molecular weight is 287 g/mol. The standard InChI is InChI=1S/C14H21N7/c1-10-4-2-3-5-11(10)8-17-13-18-12(15)19-14(20-13)21-7-6-16-9-21/h6-7,9-11H,2-5,8H2,1H3,(H3,15,17,18,19,20). The minimum absolute atomic E-state index is 0.216. The highest BCUT2D eigenvalue weighted by molar-refractivity contribution is 5.35. The molecule has 2 aromatic heterocycles. The third kappa shape index (κ3) is 3.29. The highest BCUT2D eigenvalue weighted by Crippen LogP contribution is 2.29. The summed E-state index contributed by atoms with van der Waals surface area (Å²) in [4.78, 5) is 16.7. The lowest BCUT2D eigenvalue weighted by Gasteiger charge is -2.28. The summed E-state index contributed by atoms with van der Waals surface area (Å²) in [7, 11) is 0. The molecule has 3 N–H and O–H groups in total. The molecule has 21 heavy (non-hydrogen) atoms. The van der Waals surface area contributed by atoms with E-state index in [1.807, 2.05) is 0 Å². The molecule has 0 spiro atoms. The number of rotatable bonds is 4. The van der Waals surface area contributed by atoms with Gasteiger partial charge in [-0.05, 0) is 18.3 Å². The van der Waals surface area contributed by atoms with Crippen molar-refractivity contribution in [2.24, 2.45) is 11.8 Å². The first kappa shape index (κ1) is 13.8. The molecule has 0 radical (unpaired) electrons. The summed E-state index contributed by atoms with van der Waals surface area (Å²) in [5.41, 5.74) is 5.77. The van der Waals surface area contributed by atoms with Crippen LogP contribution in [0.4, 0.5) is 11.9 Å². The minimum Gasteiger partial charge on any atom is -0.368 e. The molecule has 0 aromatic carbocycles. The maximum absolute atomic E-state index is 5.77. The molecule has 0 aliphatic heterocycles. The summed E-state index contributed by atoms with van der Waals surface area (Å²) in [5.74, 6) is 2.66. The summed E-state index contributed by atoms with van der Waals surface area (Å²) in [5, 5.41) is 3.31. The van der Waals surface area contributed by atoms with Crippen molar-refractivity contribution in [3.8, 4) is 5.95 Å². The zero-order valence-electron chi connectivity index (χ0n) is 12.2. The molecule has 1 saturated carbocycles. The van der Waals surface area contributed by atoms with Crippen molar-refractivity contribution >= 4 is 11.9 Å². The molecule has 2 heterocycles. The number of anilines is 2. The van der Waals surface area contributed by atoms with E-state index >= 15 is 0 Å². The van der Waals surface area contributed by atoms with Crippen LogP contribution in [0.3, 0.4) is 0 Å². The lowest BCUT2D eigenvalue weighted by molar-refractivity contribution is 0.268. The molecule has 2 unspecified atom stereocenters. The van der Waals surface area contributed by atoms with Gasteiger partial charge in [0.25, 0.3) is 0 Å². The van der Waals surface area contributed by atoms with Crippen LogP contribution in [0.2, 0.25) is 0 Å². The lowest BCUT2D eigenvalue weighted by atomic mass is 9.80. The van der Waals surface area contributed by atoms with Crippen LogP contribution in [0.5, 0.6) is 0 Å². The highest BCUT2D eigenvalue weighted by atomic mass is 15.3. The second-order valence-corrected chi connectivity index (χ2v) is 5.69. The molecular formula is C14H21N7. The molecule has 1 fully saturated rings. The number of nitrogen functional groups attached to an aromatic ring is 1. The Morgan fingerprint density at radius 3 is 2.90 bits per heavy atom. The molecule has 0 bridgehead atoms. The summed E-state index contributed by atoms with van der Waals surface area (Å²) < 4.78 is 1.71. The van der Waals surface area contributed by atoms with E-state index in [-0.39, 0.29) is 5.95 Å². The predicted octanol–water partition coefficient (Wildman–Crippen LogP) is 1.88. The topological polar surface area (TPSA) is 94.5 Å². The third-order valence-electron chi connectivity index (χ3n) is 4.19. The third-order valence-corrected chi connectivity index (χ3v) is 4.19. The van der Waals surface area contributed by atoms with Crippen LogP contribution in [-0.4, -0.2) is 31.0 Å². The van der Waals surface area contributed by atoms with E-state index in [2.05, 4.69) is 32.2 Å². The van der Waals surface area contributed by atoms with Crippen LogP contribution in [0.1, 0.15) is 32.6 Å². The van der Waals surface area contributed by atoms with E-state index in [0.717, 1.165) is 12.5 Å². The maximum atomic E-state index is 5.77. The van der Waals surface area contributed by atoms with Crippen molar-refractivity contribution in [1.82, 2.24) is 24.5 Å². The van der Waals surface area contributed by atoms with Crippen molar-refractivity contribution in [2.45, 2.75) is 32.6 Å². The Morgan fingerprint density at radius 2 is 2.14 bits per heavy atom. The first-order chi connectivity index (χ1) is 10.2.